The highest BCUT2D eigenvalue weighted by atomic mass is 16.5. The summed E-state index contributed by atoms with van der Waals surface area (Å²) in [6.45, 7) is 4.43. The Kier molecular flexibility index (Phi) is 4.92. The van der Waals surface area contributed by atoms with E-state index in [0.717, 1.165) is 52.4 Å². The summed E-state index contributed by atoms with van der Waals surface area (Å²) >= 11 is 0. The number of tetrazole rings is 1. The van der Waals surface area contributed by atoms with Gasteiger partial charge in [0.15, 0.2) is 0 Å². The van der Waals surface area contributed by atoms with E-state index in [-0.39, 0.29) is 5.69 Å². The van der Waals surface area contributed by atoms with Gasteiger partial charge in [0, 0.05) is 30.9 Å². The first-order valence-electron chi connectivity index (χ1n) is 10.8. The Morgan fingerprint density at radius 3 is 2.47 bits per heavy atom. The van der Waals surface area contributed by atoms with Crippen molar-refractivity contribution >= 4 is 0 Å². The molecule has 0 atom stereocenters. The van der Waals surface area contributed by atoms with Gasteiger partial charge in [-0.25, -0.2) is 4.79 Å². The van der Waals surface area contributed by atoms with Gasteiger partial charge in [-0.2, -0.15) is 14.5 Å². The van der Waals surface area contributed by atoms with E-state index in [1.165, 1.54) is 14.9 Å². The van der Waals surface area contributed by atoms with Crippen LogP contribution in [0.2, 0.25) is 0 Å². The van der Waals surface area contributed by atoms with Crippen LogP contribution in [0.4, 0.5) is 0 Å². The molecular weight excluding hydrogens is 404 g/mol. The highest BCUT2D eigenvalue weighted by molar-refractivity contribution is 5.62. The van der Waals surface area contributed by atoms with Gasteiger partial charge in [0.1, 0.15) is 12.4 Å². The molecule has 2 aromatic heterocycles. The van der Waals surface area contributed by atoms with Crippen LogP contribution in [0.3, 0.4) is 0 Å². The van der Waals surface area contributed by atoms with Crippen molar-refractivity contribution in [1.82, 2.24) is 29.6 Å². The van der Waals surface area contributed by atoms with Crippen molar-refractivity contribution in [3.8, 4) is 22.7 Å². The van der Waals surface area contributed by atoms with Crippen LogP contribution in [0, 0.1) is 13.8 Å². The molecule has 0 bridgehead atoms. The molecule has 1 saturated carbocycles. The first kappa shape index (κ1) is 20.2. The molecule has 2 heterocycles. The smallest absolute Gasteiger partial charge is 0.368 e. The second-order valence-electron chi connectivity index (χ2n) is 8.48. The molecule has 0 aliphatic heterocycles. The quantitative estimate of drug-likeness (QED) is 0.468. The van der Waals surface area contributed by atoms with Crippen molar-refractivity contribution in [2.24, 2.45) is 14.1 Å². The topological polar surface area (TPSA) is 79.8 Å². The summed E-state index contributed by atoms with van der Waals surface area (Å²) < 4.78 is 10.7. The first-order valence-corrected chi connectivity index (χ1v) is 10.8. The van der Waals surface area contributed by atoms with E-state index in [1.807, 2.05) is 49.8 Å². The number of hydrogen-bond acceptors (Lipinski definition) is 5. The molecule has 8 nitrogen and oxygen atoms in total. The lowest BCUT2D eigenvalue weighted by molar-refractivity contribution is 0.302. The molecule has 4 aromatic rings. The Bertz CT molecular complexity index is 1340. The van der Waals surface area contributed by atoms with Gasteiger partial charge in [-0.05, 0) is 84.5 Å². The number of benzene rings is 2. The molecule has 0 radical (unpaired) electrons. The number of hydrogen-bond donors (Lipinski definition) is 0. The van der Waals surface area contributed by atoms with Gasteiger partial charge in [-0.15, -0.1) is 0 Å². The highest BCUT2D eigenvalue weighted by Crippen LogP contribution is 2.43. The fourth-order valence-corrected chi connectivity index (χ4v) is 4.01. The summed E-state index contributed by atoms with van der Waals surface area (Å²) in [5.41, 5.74) is 6.82. The molecule has 1 fully saturated rings. The van der Waals surface area contributed by atoms with Crippen LogP contribution >= 0.6 is 0 Å². The van der Waals surface area contributed by atoms with E-state index in [2.05, 4.69) is 33.7 Å². The van der Waals surface area contributed by atoms with Crippen molar-refractivity contribution < 1.29 is 4.74 Å². The molecule has 1 aliphatic carbocycles. The van der Waals surface area contributed by atoms with E-state index in [4.69, 9.17) is 4.74 Å². The SMILES string of the molecule is Cc1cc(-c2cc(C)n(C)n2)ccc1OCc1c(C2CC2)cccc1-n1nnn(C)c1=O. The molecule has 1 aliphatic rings. The lowest BCUT2D eigenvalue weighted by Gasteiger charge is -2.16. The molecule has 0 saturated heterocycles. The van der Waals surface area contributed by atoms with Crippen molar-refractivity contribution in [3.63, 3.8) is 0 Å². The average Bonchev–Trinajstić information content (AvgIpc) is 3.50. The molecular formula is C24H26N6O2. The lowest BCUT2D eigenvalue weighted by Crippen LogP contribution is -2.23. The highest BCUT2D eigenvalue weighted by Gasteiger charge is 2.28. The van der Waals surface area contributed by atoms with E-state index >= 15 is 0 Å². The molecule has 0 spiro atoms. The summed E-state index contributed by atoms with van der Waals surface area (Å²) in [5, 5.41) is 12.5. The second kappa shape index (κ2) is 7.78. The van der Waals surface area contributed by atoms with E-state index in [0.29, 0.717) is 12.5 Å². The lowest BCUT2D eigenvalue weighted by atomic mass is 10.0. The standard InChI is InChI=1S/C24H26N6O2/c1-15-12-18(21-13-16(2)28(3)25-21)10-11-23(15)32-14-20-19(17-8-9-17)6-5-7-22(20)30-24(31)29(4)26-27-30/h5-7,10-13,17H,8-9,14H2,1-4H3. The third-order valence-corrected chi connectivity index (χ3v) is 6.11. The number of aryl methyl sites for hydroxylation is 4. The summed E-state index contributed by atoms with van der Waals surface area (Å²) in [5.74, 6) is 1.32. The van der Waals surface area contributed by atoms with Crippen LogP contribution in [-0.4, -0.2) is 29.6 Å². The normalized spacial score (nSPS) is 13.5. The zero-order chi connectivity index (χ0) is 22.4. The fraction of sp³-hybridized carbons (Fsp3) is 0.333. The van der Waals surface area contributed by atoms with Crippen LogP contribution < -0.4 is 10.4 Å². The Hall–Kier alpha value is -3.68. The van der Waals surface area contributed by atoms with Gasteiger partial charge in [0.25, 0.3) is 0 Å². The van der Waals surface area contributed by atoms with Gasteiger partial charge in [-0.1, -0.05) is 12.1 Å². The summed E-state index contributed by atoms with van der Waals surface area (Å²) in [6.07, 6.45) is 2.31. The van der Waals surface area contributed by atoms with E-state index in [9.17, 15) is 4.79 Å². The predicted molar refractivity (Wildman–Crippen MR) is 121 cm³/mol. The number of rotatable bonds is 6. The van der Waals surface area contributed by atoms with Crippen molar-refractivity contribution in [2.75, 3.05) is 0 Å². The Morgan fingerprint density at radius 1 is 1.03 bits per heavy atom. The summed E-state index contributed by atoms with van der Waals surface area (Å²) in [6, 6.07) is 14.2. The minimum Gasteiger partial charge on any atom is -0.489 e. The van der Waals surface area contributed by atoms with Crippen LogP contribution in [0.5, 0.6) is 5.75 Å². The molecule has 8 heteroatoms. The van der Waals surface area contributed by atoms with Crippen LogP contribution in [0.15, 0.2) is 47.3 Å². The minimum absolute atomic E-state index is 0.273. The van der Waals surface area contributed by atoms with Gasteiger partial charge in [-0.3, -0.25) is 4.68 Å². The Morgan fingerprint density at radius 2 is 1.84 bits per heavy atom. The largest absolute Gasteiger partial charge is 0.489 e. The number of aromatic nitrogens is 6. The number of nitrogens with zero attached hydrogens (tertiary/aromatic N) is 6. The Labute approximate surface area is 186 Å². The summed E-state index contributed by atoms with van der Waals surface area (Å²) in [4.78, 5) is 12.5. The molecule has 5 rings (SSSR count). The summed E-state index contributed by atoms with van der Waals surface area (Å²) in [7, 11) is 3.54. The Balaban J connectivity index is 1.46. The predicted octanol–water partition coefficient (Wildman–Crippen LogP) is 3.44. The maximum Gasteiger partial charge on any atom is 0.368 e. The van der Waals surface area contributed by atoms with E-state index in [1.54, 1.807) is 7.05 Å². The fourth-order valence-electron chi connectivity index (χ4n) is 4.01. The zero-order valence-corrected chi connectivity index (χ0v) is 18.7. The van der Waals surface area contributed by atoms with Crippen molar-refractivity contribution in [2.45, 2.75) is 39.2 Å². The van der Waals surface area contributed by atoms with Gasteiger partial charge < -0.3 is 4.74 Å². The molecule has 0 unspecified atom stereocenters. The minimum atomic E-state index is -0.273. The van der Waals surface area contributed by atoms with Crippen LogP contribution in [-0.2, 0) is 20.7 Å². The zero-order valence-electron chi connectivity index (χ0n) is 18.7. The molecule has 2 aromatic carbocycles. The molecule has 0 N–H and O–H groups in total. The molecule has 164 valence electrons. The third kappa shape index (κ3) is 3.62. The maximum absolute atomic E-state index is 12.5. The van der Waals surface area contributed by atoms with Crippen molar-refractivity contribution in [3.05, 3.63) is 75.3 Å². The van der Waals surface area contributed by atoms with Crippen molar-refractivity contribution in [1.29, 1.82) is 0 Å². The van der Waals surface area contributed by atoms with Gasteiger partial charge >= 0.3 is 5.69 Å². The van der Waals surface area contributed by atoms with E-state index < -0.39 is 0 Å². The van der Waals surface area contributed by atoms with Crippen LogP contribution in [0.25, 0.3) is 16.9 Å². The maximum atomic E-state index is 12.5. The van der Waals surface area contributed by atoms with Crippen LogP contribution in [0.1, 0.15) is 41.1 Å². The average molecular weight is 431 g/mol. The number of ether oxygens (including phenoxy) is 1. The van der Waals surface area contributed by atoms with Gasteiger partial charge in [0.05, 0.1) is 11.4 Å². The molecule has 0 amide bonds. The first-order chi connectivity index (χ1) is 15.4. The third-order valence-electron chi connectivity index (χ3n) is 6.11. The molecule has 32 heavy (non-hydrogen) atoms. The second-order valence-corrected chi connectivity index (χ2v) is 8.48. The monoisotopic (exact) mass is 430 g/mol. The van der Waals surface area contributed by atoms with Gasteiger partial charge in [0.2, 0.25) is 0 Å².